The first-order valence-electron chi connectivity index (χ1n) is 6.89. The molecule has 3 rings (SSSR count). The Labute approximate surface area is 138 Å². The number of carboxylic acids is 1. The molecule has 1 aromatic carbocycles. The molecule has 0 saturated carbocycles. The van der Waals surface area contributed by atoms with Crippen LogP contribution in [0, 0.1) is 11.6 Å². The van der Waals surface area contributed by atoms with Gasteiger partial charge >= 0.3 is 5.97 Å². The van der Waals surface area contributed by atoms with Crippen molar-refractivity contribution in [2.75, 3.05) is 6.54 Å². The van der Waals surface area contributed by atoms with Gasteiger partial charge in [0.1, 0.15) is 35.8 Å². The fourth-order valence-electron chi connectivity index (χ4n) is 2.32. The number of halogens is 2. The molecule has 8 nitrogen and oxygen atoms in total. The SMILES string of the molecule is O=C(O)CNC(=O)c1c(O)cc(-c2ccc(F)cc2F)n2ncnc12. The number of fused-ring (bicyclic) bond motifs is 1. The van der Waals surface area contributed by atoms with Gasteiger partial charge in [0, 0.05) is 17.7 Å². The number of aromatic nitrogens is 3. The number of carboxylic acid groups (broad SMARTS) is 1. The first-order valence-corrected chi connectivity index (χ1v) is 6.89. The van der Waals surface area contributed by atoms with E-state index in [1.165, 1.54) is 0 Å². The summed E-state index contributed by atoms with van der Waals surface area (Å²) in [6.07, 6.45) is 1.08. The molecule has 0 fully saturated rings. The van der Waals surface area contributed by atoms with Crippen molar-refractivity contribution in [3.8, 4) is 17.0 Å². The zero-order chi connectivity index (χ0) is 18.1. The highest BCUT2D eigenvalue weighted by Crippen LogP contribution is 2.30. The Hall–Kier alpha value is -3.56. The Bertz CT molecular complexity index is 1000. The maximum absolute atomic E-state index is 14.0. The number of nitrogens with one attached hydrogen (secondary N) is 1. The van der Waals surface area contributed by atoms with Gasteiger partial charge in [-0.3, -0.25) is 9.59 Å². The summed E-state index contributed by atoms with van der Waals surface area (Å²) >= 11 is 0. The molecular formula is C15H10F2N4O4. The number of carbonyl (C=O) groups excluding carboxylic acids is 1. The van der Waals surface area contributed by atoms with E-state index < -0.39 is 35.8 Å². The first-order chi connectivity index (χ1) is 11.9. The van der Waals surface area contributed by atoms with Gasteiger partial charge in [0.2, 0.25) is 0 Å². The Morgan fingerprint density at radius 2 is 2.00 bits per heavy atom. The van der Waals surface area contributed by atoms with E-state index in [0.29, 0.717) is 6.07 Å². The second-order valence-electron chi connectivity index (χ2n) is 4.99. The molecule has 10 heteroatoms. The molecule has 128 valence electrons. The van der Waals surface area contributed by atoms with Crippen molar-refractivity contribution in [1.29, 1.82) is 0 Å². The van der Waals surface area contributed by atoms with Gasteiger partial charge in [-0.05, 0) is 12.1 Å². The number of benzene rings is 1. The van der Waals surface area contributed by atoms with Gasteiger partial charge in [-0.25, -0.2) is 18.3 Å². The topological polar surface area (TPSA) is 117 Å². The minimum atomic E-state index is -1.27. The fraction of sp³-hybridized carbons (Fsp3) is 0.0667. The number of carbonyl (C=O) groups is 2. The molecule has 25 heavy (non-hydrogen) atoms. The zero-order valence-corrected chi connectivity index (χ0v) is 12.4. The van der Waals surface area contributed by atoms with Crippen LogP contribution in [0.1, 0.15) is 10.4 Å². The van der Waals surface area contributed by atoms with E-state index in [1.807, 2.05) is 0 Å². The smallest absolute Gasteiger partial charge is 0.322 e. The van der Waals surface area contributed by atoms with Crippen LogP contribution in [0.15, 0.2) is 30.6 Å². The molecule has 1 amide bonds. The number of rotatable bonds is 4. The molecule has 2 heterocycles. The second kappa shape index (κ2) is 6.15. The monoisotopic (exact) mass is 348 g/mol. The van der Waals surface area contributed by atoms with E-state index in [2.05, 4.69) is 15.4 Å². The Balaban J connectivity index is 2.16. The third-order valence-electron chi connectivity index (χ3n) is 3.36. The average Bonchev–Trinajstić information content (AvgIpc) is 3.01. The zero-order valence-electron chi connectivity index (χ0n) is 12.4. The molecule has 0 aliphatic rings. The van der Waals surface area contributed by atoms with E-state index >= 15 is 0 Å². The molecule has 0 aliphatic carbocycles. The van der Waals surface area contributed by atoms with E-state index in [-0.39, 0.29) is 22.5 Å². The fourth-order valence-corrected chi connectivity index (χ4v) is 2.32. The average molecular weight is 348 g/mol. The largest absolute Gasteiger partial charge is 0.507 e. The Morgan fingerprint density at radius 3 is 2.68 bits per heavy atom. The molecule has 0 bridgehead atoms. The summed E-state index contributed by atoms with van der Waals surface area (Å²) in [5.74, 6) is -4.37. The summed E-state index contributed by atoms with van der Waals surface area (Å²) in [5.41, 5.74) is -0.450. The third kappa shape index (κ3) is 2.96. The Kier molecular flexibility index (Phi) is 4.01. The molecule has 2 aromatic heterocycles. The maximum atomic E-state index is 14.0. The van der Waals surface area contributed by atoms with Crippen LogP contribution in [-0.2, 0) is 4.79 Å². The van der Waals surface area contributed by atoms with Crippen LogP contribution in [0.5, 0.6) is 5.75 Å². The predicted molar refractivity (Wildman–Crippen MR) is 80.0 cm³/mol. The molecule has 0 saturated heterocycles. The summed E-state index contributed by atoms with van der Waals surface area (Å²) in [5, 5.41) is 24.8. The van der Waals surface area contributed by atoms with Crippen LogP contribution >= 0.6 is 0 Å². The van der Waals surface area contributed by atoms with Crippen molar-refractivity contribution in [2.24, 2.45) is 0 Å². The molecule has 0 spiro atoms. The minimum Gasteiger partial charge on any atom is -0.507 e. The number of aromatic hydroxyl groups is 1. The molecule has 0 unspecified atom stereocenters. The van der Waals surface area contributed by atoms with Crippen molar-refractivity contribution in [3.63, 3.8) is 0 Å². The standard InChI is InChI=1S/C15H10F2N4O4/c16-7-1-2-8(9(17)3-7)10-4-11(22)13(14-19-6-20-21(10)14)15(25)18-5-12(23)24/h1-4,6,22H,5H2,(H,18,25)(H,23,24). The number of aliphatic carboxylic acids is 1. The lowest BCUT2D eigenvalue weighted by Gasteiger charge is -2.11. The van der Waals surface area contributed by atoms with Crippen molar-refractivity contribution in [3.05, 3.63) is 47.8 Å². The van der Waals surface area contributed by atoms with Crippen molar-refractivity contribution in [2.45, 2.75) is 0 Å². The van der Waals surface area contributed by atoms with Crippen LogP contribution in [0.4, 0.5) is 8.78 Å². The highest BCUT2D eigenvalue weighted by molar-refractivity contribution is 6.04. The van der Waals surface area contributed by atoms with E-state index in [1.54, 1.807) is 0 Å². The number of pyridine rings is 1. The quantitative estimate of drug-likeness (QED) is 0.652. The van der Waals surface area contributed by atoms with E-state index in [4.69, 9.17) is 5.11 Å². The van der Waals surface area contributed by atoms with Crippen molar-refractivity contribution >= 4 is 17.5 Å². The first kappa shape index (κ1) is 16.3. The second-order valence-corrected chi connectivity index (χ2v) is 4.99. The van der Waals surface area contributed by atoms with E-state index in [0.717, 1.165) is 29.0 Å². The number of hydrogen-bond acceptors (Lipinski definition) is 5. The molecule has 0 aliphatic heterocycles. The predicted octanol–water partition coefficient (Wildman–Crippen LogP) is 1.19. The molecule has 3 aromatic rings. The Morgan fingerprint density at radius 1 is 1.24 bits per heavy atom. The van der Waals surface area contributed by atoms with Crippen LogP contribution in [0.25, 0.3) is 16.9 Å². The summed E-state index contributed by atoms with van der Waals surface area (Å²) < 4.78 is 28.2. The third-order valence-corrected chi connectivity index (χ3v) is 3.36. The van der Waals surface area contributed by atoms with Crippen LogP contribution < -0.4 is 5.32 Å². The molecule has 0 radical (unpaired) electrons. The highest BCUT2D eigenvalue weighted by atomic mass is 19.1. The van der Waals surface area contributed by atoms with Crippen molar-refractivity contribution in [1.82, 2.24) is 19.9 Å². The van der Waals surface area contributed by atoms with Crippen LogP contribution in [0.2, 0.25) is 0 Å². The van der Waals surface area contributed by atoms with Crippen LogP contribution in [0.3, 0.4) is 0 Å². The van der Waals surface area contributed by atoms with Gasteiger partial charge in [-0.15, -0.1) is 0 Å². The van der Waals surface area contributed by atoms with Crippen LogP contribution in [-0.4, -0.2) is 43.2 Å². The van der Waals surface area contributed by atoms with Gasteiger partial charge in [0.25, 0.3) is 5.91 Å². The minimum absolute atomic E-state index is 0.0392. The molecular weight excluding hydrogens is 338 g/mol. The summed E-state index contributed by atoms with van der Waals surface area (Å²) in [6, 6.07) is 3.92. The number of amides is 1. The van der Waals surface area contributed by atoms with Gasteiger partial charge in [0.15, 0.2) is 5.65 Å². The maximum Gasteiger partial charge on any atom is 0.322 e. The number of hydrogen-bond donors (Lipinski definition) is 3. The van der Waals surface area contributed by atoms with Gasteiger partial charge in [-0.2, -0.15) is 5.10 Å². The number of nitrogens with zero attached hydrogens (tertiary/aromatic N) is 3. The molecule has 3 N–H and O–H groups in total. The highest BCUT2D eigenvalue weighted by Gasteiger charge is 2.22. The van der Waals surface area contributed by atoms with Gasteiger partial charge in [-0.1, -0.05) is 0 Å². The van der Waals surface area contributed by atoms with E-state index in [9.17, 15) is 23.5 Å². The summed E-state index contributed by atoms with van der Waals surface area (Å²) in [7, 11) is 0. The summed E-state index contributed by atoms with van der Waals surface area (Å²) in [6.45, 7) is -0.660. The lowest BCUT2D eigenvalue weighted by molar-refractivity contribution is -0.135. The summed E-state index contributed by atoms with van der Waals surface area (Å²) in [4.78, 5) is 26.5. The molecule has 0 atom stereocenters. The lowest BCUT2D eigenvalue weighted by Crippen LogP contribution is -2.29. The van der Waals surface area contributed by atoms with Gasteiger partial charge in [0.05, 0.1) is 5.69 Å². The van der Waals surface area contributed by atoms with Crippen molar-refractivity contribution < 1.29 is 28.6 Å². The van der Waals surface area contributed by atoms with Gasteiger partial charge < -0.3 is 15.5 Å². The lowest BCUT2D eigenvalue weighted by atomic mass is 10.1. The normalized spacial score (nSPS) is 10.8.